The van der Waals surface area contributed by atoms with Gasteiger partial charge in [-0.1, -0.05) is 29.4 Å². The number of pyridine rings is 1. The van der Waals surface area contributed by atoms with Gasteiger partial charge in [-0.3, -0.25) is 0 Å². The predicted molar refractivity (Wildman–Crippen MR) is 87.4 cm³/mol. The third kappa shape index (κ3) is 2.50. The minimum atomic E-state index is -0.537. The SMILES string of the molecule is O=C(ON=C1CCCc2[nH]c3ccccc3c21)c1ccccn1. The Hall–Kier alpha value is -2.95. The van der Waals surface area contributed by atoms with E-state index in [2.05, 4.69) is 21.2 Å². The number of oxime groups is 1. The number of hydrogen-bond donors (Lipinski definition) is 1. The van der Waals surface area contributed by atoms with Gasteiger partial charge in [0.2, 0.25) is 0 Å². The van der Waals surface area contributed by atoms with Crippen molar-refractivity contribution in [3.8, 4) is 0 Å². The lowest BCUT2D eigenvalue weighted by molar-refractivity contribution is 0.0508. The number of H-pyrrole nitrogens is 1. The Balaban J connectivity index is 1.67. The summed E-state index contributed by atoms with van der Waals surface area (Å²) in [5.74, 6) is -0.537. The Bertz CT molecular complexity index is 897. The van der Waals surface area contributed by atoms with Crippen molar-refractivity contribution in [3.05, 3.63) is 65.6 Å². The number of carbonyl (C=O) groups is 1. The second-order valence-electron chi connectivity index (χ2n) is 5.51. The minimum Gasteiger partial charge on any atom is -0.358 e. The molecule has 1 aliphatic rings. The summed E-state index contributed by atoms with van der Waals surface area (Å²) >= 11 is 0. The summed E-state index contributed by atoms with van der Waals surface area (Å²) < 4.78 is 0. The van der Waals surface area contributed by atoms with E-state index in [0.29, 0.717) is 0 Å². The van der Waals surface area contributed by atoms with Gasteiger partial charge >= 0.3 is 5.97 Å². The molecule has 0 radical (unpaired) electrons. The highest BCUT2D eigenvalue weighted by Crippen LogP contribution is 2.29. The van der Waals surface area contributed by atoms with Crippen LogP contribution in [0.4, 0.5) is 0 Å². The molecule has 0 unspecified atom stereocenters. The van der Waals surface area contributed by atoms with Crippen molar-refractivity contribution >= 4 is 22.6 Å². The van der Waals surface area contributed by atoms with Crippen LogP contribution in [0.25, 0.3) is 10.9 Å². The number of para-hydroxylation sites is 1. The molecule has 1 aromatic carbocycles. The number of nitrogens with zero attached hydrogens (tertiary/aromatic N) is 2. The van der Waals surface area contributed by atoms with Gasteiger partial charge in [0.05, 0.1) is 5.71 Å². The maximum atomic E-state index is 12.0. The normalized spacial score (nSPS) is 15.6. The molecule has 5 nitrogen and oxygen atoms in total. The second-order valence-corrected chi connectivity index (χ2v) is 5.51. The molecule has 0 amide bonds. The average Bonchev–Trinajstić information content (AvgIpc) is 2.99. The Morgan fingerprint density at radius 2 is 2.00 bits per heavy atom. The molecule has 0 fully saturated rings. The van der Waals surface area contributed by atoms with Crippen molar-refractivity contribution in [1.82, 2.24) is 9.97 Å². The van der Waals surface area contributed by atoms with Gasteiger partial charge in [0.1, 0.15) is 0 Å². The summed E-state index contributed by atoms with van der Waals surface area (Å²) in [6.45, 7) is 0. The van der Waals surface area contributed by atoms with Crippen molar-refractivity contribution in [2.24, 2.45) is 5.16 Å². The zero-order valence-corrected chi connectivity index (χ0v) is 12.5. The van der Waals surface area contributed by atoms with Crippen LogP contribution in [0.15, 0.2) is 53.8 Å². The Morgan fingerprint density at radius 1 is 1.13 bits per heavy atom. The molecule has 0 spiro atoms. The number of aromatic amines is 1. The van der Waals surface area contributed by atoms with E-state index in [1.807, 2.05) is 18.2 Å². The fourth-order valence-corrected chi connectivity index (χ4v) is 2.99. The number of benzene rings is 1. The molecule has 0 bridgehead atoms. The van der Waals surface area contributed by atoms with Gasteiger partial charge in [0, 0.05) is 28.4 Å². The van der Waals surface area contributed by atoms with E-state index >= 15 is 0 Å². The number of rotatable bonds is 2. The van der Waals surface area contributed by atoms with E-state index in [0.717, 1.165) is 47.1 Å². The second kappa shape index (κ2) is 5.68. The van der Waals surface area contributed by atoms with Crippen LogP contribution in [0.2, 0.25) is 0 Å². The lowest BCUT2D eigenvalue weighted by Crippen LogP contribution is -2.13. The van der Waals surface area contributed by atoms with Crippen LogP contribution < -0.4 is 0 Å². The van der Waals surface area contributed by atoms with Crippen LogP contribution in [0.5, 0.6) is 0 Å². The fraction of sp³-hybridized carbons (Fsp3) is 0.167. The smallest absolute Gasteiger partial charge is 0.358 e. The summed E-state index contributed by atoms with van der Waals surface area (Å²) in [5, 5.41) is 5.25. The first-order valence-electron chi connectivity index (χ1n) is 7.62. The standard InChI is InChI=1S/C18H15N3O2/c22-18(16-8-3-4-11-19-16)23-21-15-10-5-9-14-17(15)12-6-1-2-7-13(12)20-14/h1-4,6-8,11,20H,5,9-10H2. The van der Waals surface area contributed by atoms with Gasteiger partial charge in [-0.25, -0.2) is 9.78 Å². The first-order chi connectivity index (χ1) is 11.3. The summed E-state index contributed by atoms with van der Waals surface area (Å²) in [6.07, 6.45) is 4.32. The van der Waals surface area contributed by atoms with E-state index < -0.39 is 5.97 Å². The van der Waals surface area contributed by atoms with Gasteiger partial charge in [-0.2, -0.15) is 0 Å². The van der Waals surface area contributed by atoms with Crippen LogP contribution in [0.1, 0.15) is 34.6 Å². The number of hydrogen-bond acceptors (Lipinski definition) is 4. The highest BCUT2D eigenvalue weighted by Gasteiger charge is 2.22. The summed E-state index contributed by atoms with van der Waals surface area (Å²) in [5.41, 5.74) is 4.38. The number of fused-ring (bicyclic) bond motifs is 3. The third-order valence-corrected chi connectivity index (χ3v) is 4.03. The van der Waals surface area contributed by atoms with Crippen molar-refractivity contribution in [1.29, 1.82) is 0 Å². The van der Waals surface area contributed by atoms with Crippen LogP contribution in [-0.2, 0) is 11.3 Å². The third-order valence-electron chi connectivity index (χ3n) is 4.03. The first kappa shape index (κ1) is 13.7. The zero-order chi connectivity index (χ0) is 15.6. The molecule has 0 saturated carbocycles. The lowest BCUT2D eigenvalue weighted by Gasteiger charge is -2.13. The van der Waals surface area contributed by atoms with Crippen molar-refractivity contribution < 1.29 is 9.63 Å². The van der Waals surface area contributed by atoms with E-state index in [1.54, 1.807) is 24.4 Å². The van der Waals surface area contributed by atoms with Crippen molar-refractivity contribution in [3.63, 3.8) is 0 Å². The van der Waals surface area contributed by atoms with E-state index in [9.17, 15) is 4.79 Å². The monoisotopic (exact) mass is 305 g/mol. The Kier molecular flexibility index (Phi) is 3.38. The minimum absolute atomic E-state index is 0.256. The summed E-state index contributed by atoms with van der Waals surface area (Å²) in [6, 6.07) is 13.2. The van der Waals surface area contributed by atoms with Gasteiger partial charge in [0.25, 0.3) is 0 Å². The van der Waals surface area contributed by atoms with Crippen LogP contribution in [0, 0.1) is 0 Å². The highest BCUT2D eigenvalue weighted by molar-refractivity contribution is 6.12. The van der Waals surface area contributed by atoms with Crippen molar-refractivity contribution in [2.45, 2.75) is 19.3 Å². The Labute approximate surface area is 133 Å². The highest BCUT2D eigenvalue weighted by atomic mass is 16.7. The van der Waals surface area contributed by atoms with Gasteiger partial charge < -0.3 is 9.82 Å². The molecule has 0 atom stereocenters. The zero-order valence-electron chi connectivity index (χ0n) is 12.5. The Morgan fingerprint density at radius 3 is 2.87 bits per heavy atom. The predicted octanol–water partition coefficient (Wildman–Crippen LogP) is 3.46. The molecule has 114 valence electrons. The molecular weight excluding hydrogens is 290 g/mol. The maximum Gasteiger partial charge on any atom is 0.383 e. The van der Waals surface area contributed by atoms with E-state index in [1.165, 1.54) is 0 Å². The molecule has 4 rings (SSSR count). The van der Waals surface area contributed by atoms with Crippen LogP contribution in [-0.4, -0.2) is 21.6 Å². The molecule has 3 aromatic rings. The number of nitrogens with one attached hydrogen (secondary N) is 1. The molecule has 0 aliphatic heterocycles. The number of aromatic nitrogens is 2. The molecule has 1 N–H and O–H groups in total. The van der Waals surface area contributed by atoms with Gasteiger partial charge in [-0.15, -0.1) is 0 Å². The first-order valence-corrected chi connectivity index (χ1v) is 7.62. The largest absolute Gasteiger partial charge is 0.383 e. The number of carbonyl (C=O) groups excluding carboxylic acids is 1. The summed E-state index contributed by atoms with van der Waals surface area (Å²) in [7, 11) is 0. The van der Waals surface area contributed by atoms with Crippen molar-refractivity contribution in [2.75, 3.05) is 0 Å². The molecular formula is C18H15N3O2. The molecule has 0 saturated heterocycles. The van der Waals surface area contributed by atoms with E-state index in [4.69, 9.17) is 4.84 Å². The average molecular weight is 305 g/mol. The molecule has 23 heavy (non-hydrogen) atoms. The van der Waals surface area contributed by atoms with Gasteiger partial charge in [0.15, 0.2) is 5.69 Å². The molecule has 2 heterocycles. The lowest BCUT2D eigenvalue weighted by atomic mass is 9.94. The topological polar surface area (TPSA) is 67.3 Å². The van der Waals surface area contributed by atoms with Gasteiger partial charge in [-0.05, 0) is 37.5 Å². The molecule has 2 aromatic heterocycles. The fourth-order valence-electron chi connectivity index (χ4n) is 2.99. The number of aryl methyl sites for hydroxylation is 1. The summed E-state index contributed by atoms with van der Waals surface area (Å²) in [4.78, 5) is 24.5. The molecule has 1 aliphatic carbocycles. The molecule has 5 heteroatoms. The van der Waals surface area contributed by atoms with Crippen LogP contribution in [0.3, 0.4) is 0 Å². The van der Waals surface area contributed by atoms with Crippen LogP contribution >= 0.6 is 0 Å². The maximum absolute atomic E-state index is 12.0. The van der Waals surface area contributed by atoms with E-state index in [-0.39, 0.29) is 5.69 Å². The quantitative estimate of drug-likeness (QED) is 0.582.